The molecule has 0 saturated carbocycles. The maximum Gasteiger partial charge on any atom is 0.189 e. The summed E-state index contributed by atoms with van der Waals surface area (Å²) in [6.45, 7) is 4.24. The minimum Gasteiger partial charge on any atom is -0.468 e. The number of fused-ring (bicyclic) bond motifs is 1. The van der Waals surface area contributed by atoms with E-state index in [2.05, 4.69) is 19.1 Å². The summed E-state index contributed by atoms with van der Waals surface area (Å²) in [4.78, 5) is 0. The van der Waals surface area contributed by atoms with Gasteiger partial charge in [0.25, 0.3) is 0 Å². The first-order chi connectivity index (χ1) is 7.40. The lowest BCUT2D eigenvalue weighted by Gasteiger charge is -2.06. The molecule has 0 atom stereocenters. The summed E-state index contributed by atoms with van der Waals surface area (Å²) in [6.07, 6.45) is 0. The Bertz CT molecular complexity index is 437. The standard InChI is InChI=1S/C13H13O2/c1-2-14-10-15-13-8-7-11-5-3-4-6-12(11)9-13/h3-9H,1-2,10H2. The fourth-order valence-electron chi connectivity index (χ4n) is 1.43. The second-order valence-electron chi connectivity index (χ2n) is 3.18. The molecule has 0 saturated heterocycles. The topological polar surface area (TPSA) is 18.5 Å². The Hall–Kier alpha value is -1.54. The first-order valence-electron chi connectivity index (χ1n) is 4.89. The predicted molar refractivity (Wildman–Crippen MR) is 60.8 cm³/mol. The molecule has 15 heavy (non-hydrogen) atoms. The normalized spacial score (nSPS) is 10.5. The molecule has 2 aromatic rings. The zero-order chi connectivity index (χ0) is 10.5. The third-order valence-corrected chi connectivity index (χ3v) is 2.17. The molecule has 0 aliphatic rings. The lowest BCUT2D eigenvalue weighted by atomic mass is 10.1. The SMILES string of the molecule is [CH2]COCOc1ccc2ccccc2c1. The maximum atomic E-state index is 5.39. The van der Waals surface area contributed by atoms with Crippen LogP contribution in [0.2, 0.25) is 0 Å². The van der Waals surface area contributed by atoms with Crippen molar-refractivity contribution < 1.29 is 9.47 Å². The second kappa shape index (κ2) is 4.80. The molecule has 0 aliphatic carbocycles. The highest BCUT2D eigenvalue weighted by Crippen LogP contribution is 2.20. The number of ether oxygens (including phenoxy) is 2. The Balaban J connectivity index is 2.16. The van der Waals surface area contributed by atoms with Crippen molar-refractivity contribution in [2.24, 2.45) is 0 Å². The van der Waals surface area contributed by atoms with E-state index in [1.807, 2.05) is 30.3 Å². The van der Waals surface area contributed by atoms with Crippen molar-refractivity contribution in [2.75, 3.05) is 13.4 Å². The molecule has 1 radical (unpaired) electrons. The molecule has 0 bridgehead atoms. The van der Waals surface area contributed by atoms with Gasteiger partial charge in [0.2, 0.25) is 0 Å². The Labute approximate surface area is 89.4 Å². The third kappa shape index (κ3) is 2.48. The van der Waals surface area contributed by atoms with Gasteiger partial charge in [0, 0.05) is 0 Å². The van der Waals surface area contributed by atoms with Gasteiger partial charge in [0.15, 0.2) is 6.79 Å². The lowest BCUT2D eigenvalue weighted by molar-refractivity contribution is 0.0299. The van der Waals surface area contributed by atoms with E-state index < -0.39 is 0 Å². The number of hydrogen-bond acceptors (Lipinski definition) is 2. The van der Waals surface area contributed by atoms with E-state index in [4.69, 9.17) is 9.47 Å². The minimum absolute atomic E-state index is 0.252. The number of benzene rings is 2. The van der Waals surface area contributed by atoms with Crippen LogP contribution in [0.4, 0.5) is 0 Å². The van der Waals surface area contributed by atoms with Crippen LogP contribution in [0.3, 0.4) is 0 Å². The van der Waals surface area contributed by atoms with Crippen molar-refractivity contribution in [1.82, 2.24) is 0 Å². The van der Waals surface area contributed by atoms with E-state index >= 15 is 0 Å². The number of hydrogen-bond donors (Lipinski definition) is 0. The molecule has 77 valence electrons. The fraction of sp³-hybridized carbons (Fsp3) is 0.154. The molecular weight excluding hydrogens is 188 g/mol. The lowest BCUT2D eigenvalue weighted by Crippen LogP contribution is -2.01. The van der Waals surface area contributed by atoms with Gasteiger partial charge < -0.3 is 9.47 Å². The van der Waals surface area contributed by atoms with Crippen molar-refractivity contribution in [3.05, 3.63) is 49.4 Å². The van der Waals surface area contributed by atoms with Crippen molar-refractivity contribution in [3.63, 3.8) is 0 Å². The zero-order valence-electron chi connectivity index (χ0n) is 8.48. The van der Waals surface area contributed by atoms with Gasteiger partial charge in [-0.05, 0) is 29.8 Å². The van der Waals surface area contributed by atoms with Gasteiger partial charge in [-0.2, -0.15) is 0 Å². The van der Waals surface area contributed by atoms with Crippen LogP contribution in [-0.4, -0.2) is 13.4 Å². The van der Waals surface area contributed by atoms with Gasteiger partial charge in [-0.25, -0.2) is 0 Å². The minimum atomic E-state index is 0.252. The quantitative estimate of drug-likeness (QED) is 0.559. The molecule has 2 heteroatoms. The highest BCUT2D eigenvalue weighted by Gasteiger charge is 1.96. The van der Waals surface area contributed by atoms with Crippen LogP contribution in [-0.2, 0) is 4.74 Å². The first kappa shape index (κ1) is 9.99. The van der Waals surface area contributed by atoms with Crippen LogP contribution in [0, 0.1) is 6.92 Å². The summed E-state index contributed by atoms with van der Waals surface area (Å²) in [5.74, 6) is 0.821. The van der Waals surface area contributed by atoms with Crippen LogP contribution in [0.1, 0.15) is 0 Å². The van der Waals surface area contributed by atoms with Crippen molar-refractivity contribution in [2.45, 2.75) is 0 Å². The van der Waals surface area contributed by atoms with E-state index in [0.29, 0.717) is 6.61 Å². The highest BCUT2D eigenvalue weighted by molar-refractivity contribution is 5.83. The zero-order valence-corrected chi connectivity index (χ0v) is 8.48. The molecule has 0 aliphatic heterocycles. The Morgan fingerprint density at radius 1 is 1.00 bits per heavy atom. The molecule has 0 heterocycles. The van der Waals surface area contributed by atoms with Crippen LogP contribution in [0.25, 0.3) is 10.8 Å². The summed E-state index contributed by atoms with van der Waals surface area (Å²) in [7, 11) is 0. The average Bonchev–Trinajstić information content (AvgIpc) is 2.29. The molecule has 0 N–H and O–H groups in total. The fourth-order valence-corrected chi connectivity index (χ4v) is 1.43. The molecule has 2 rings (SSSR count). The molecule has 0 unspecified atom stereocenters. The van der Waals surface area contributed by atoms with Gasteiger partial charge >= 0.3 is 0 Å². The Kier molecular flexibility index (Phi) is 3.20. The van der Waals surface area contributed by atoms with E-state index in [9.17, 15) is 0 Å². The Morgan fingerprint density at radius 3 is 2.60 bits per heavy atom. The van der Waals surface area contributed by atoms with Gasteiger partial charge in [-0.15, -0.1) is 0 Å². The van der Waals surface area contributed by atoms with Gasteiger partial charge in [-0.1, -0.05) is 30.3 Å². The molecular formula is C13H13O2. The summed E-state index contributed by atoms with van der Waals surface area (Å²) < 4.78 is 10.4. The third-order valence-electron chi connectivity index (χ3n) is 2.17. The summed E-state index contributed by atoms with van der Waals surface area (Å²) in [6, 6.07) is 14.1. The number of rotatable bonds is 4. The van der Waals surface area contributed by atoms with E-state index in [0.717, 1.165) is 5.75 Å². The molecule has 0 spiro atoms. The summed E-state index contributed by atoms with van der Waals surface area (Å²) in [5, 5.41) is 2.38. The van der Waals surface area contributed by atoms with Crippen LogP contribution in [0.15, 0.2) is 42.5 Å². The molecule has 2 nitrogen and oxygen atoms in total. The van der Waals surface area contributed by atoms with Crippen molar-refractivity contribution >= 4 is 10.8 Å². The van der Waals surface area contributed by atoms with Crippen LogP contribution < -0.4 is 4.74 Å². The van der Waals surface area contributed by atoms with Gasteiger partial charge in [0.05, 0.1) is 6.61 Å². The summed E-state index contributed by atoms with van der Waals surface area (Å²) >= 11 is 0. The largest absolute Gasteiger partial charge is 0.468 e. The molecule has 0 amide bonds. The molecule has 2 aromatic carbocycles. The summed E-state index contributed by atoms with van der Waals surface area (Å²) in [5.41, 5.74) is 0. The van der Waals surface area contributed by atoms with Crippen LogP contribution in [0.5, 0.6) is 5.75 Å². The van der Waals surface area contributed by atoms with Crippen molar-refractivity contribution in [1.29, 1.82) is 0 Å². The Morgan fingerprint density at radius 2 is 1.80 bits per heavy atom. The predicted octanol–water partition coefficient (Wildman–Crippen LogP) is 3.03. The van der Waals surface area contributed by atoms with Gasteiger partial charge in [-0.3, -0.25) is 0 Å². The van der Waals surface area contributed by atoms with E-state index in [1.54, 1.807) is 0 Å². The molecule has 0 aromatic heterocycles. The average molecular weight is 201 g/mol. The molecule has 0 fully saturated rings. The van der Waals surface area contributed by atoms with E-state index in [-0.39, 0.29) is 6.79 Å². The van der Waals surface area contributed by atoms with E-state index in [1.165, 1.54) is 10.8 Å². The second-order valence-corrected chi connectivity index (χ2v) is 3.18. The van der Waals surface area contributed by atoms with Crippen molar-refractivity contribution in [3.8, 4) is 5.75 Å². The van der Waals surface area contributed by atoms with Crippen LogP contribution >= 0.6 is 0 Å². The monoisotopic (exact) mass is 201 g/mol. The first-order valence-corrected chi connectivity index (χ1v) is 4.89. The van der Waals surface area contributed by atoms with Gasteiger partial charge in [0.1, 0.15) is 5.75 Å². The highest BCUT2D eigenvalue weighted by atomic mass is 16.7. The maximum absolute atomic E-state index is 5.39. The smallest absolute Gasteiger partial charge is 0.189 e.